The smallest absolute Gasteiger partial charge is 0.248 e. The van der Waals surface area contributed by atoms with Gasteiger partial charge in [0.2, 0.25) is 5.91 Å². The highest BCUT2D eigenvalue weighted by Crippen LogP contribution is 2.33. The summed E-state index contributed by atoms with van der Waals surface area (Å²) in [5.41, 5.74) is 1.54. The SMILES string of the molecule is O=C(/C=C/c1ccccc1)Nc1cc2c(Nc3ccc(F)c(Cl)c3)ncnc2s1. The number of nitrogens with zero attached hydrogens (tertiary/aromatic N) is 2. The number of amides is 1. The number of hydrogen-bond acceptors (Lipinski definition) is 5. The van der Waals surface area contributed by atoms with Gasteiger partial charge in [-0.05, 0) is 35.9 Å². The van der Waals surface area contributed by atoms with Gasteiger partial charge in [-0.1, -0.05) is 53.3 Å². The lowest BCUT2D eigenvalue weighted by atomic mass is 10.2. The number of carbonyl (C=O) groups excluding carboxylic acids is 1. The number of halogens is 2. The number of carbonyl (C=O) groups is 1. The normalized spacial score (nSPS) is 11.1. The first-order valence-corrected chi connectivity index (χ1v) is 9.79. The van der Waals surface area contributed by atoms with E-state index in [0.717, 1.165) is 10.9 Å². The Labute approximate surface area is 174 Å². The van der Waals surface area contributed by atoms with Crippen LogP contribution in [0.3, 0.4) is 0 Å². The van der Waals surface area contributed by atoms with Gasteiger partial charge < -0.3 is 10.6 Å². The van der Waals surface area contributed by atoms with Crippen LogP contribution in [0, 0.1) is 5.82 Å². The van der Waals surface area contributed by atoms with Crippen LogP contribution in [0.5, 0.6) is 0 Å². The van der Waals surface area contributed by atoms with Crippen LogP contribution >= 0.6 is 22.9 Å². The van der Waals surface area contributed by atoms with Crippen molar-refractivity contribution in [1.29, 1.82) is 0 Å². The van der Waals surface area contributed by atoms with E-state index < -0.39 is 5.82 Å². The standard InChI is InChI=1S/C21H14ClFN4OS/c22-16-10-14(7-8-17(16)23)26-20-15-11-19(29-21(15)25-12-24-20)27-18(28)9-6-13-4-2-1-3-5-13/h1-12H,(H,27,28)(H,24,25,26)/b9-6+. The minimum atomic E-state index is -0.492. The molecule has 0 atom stereocenters. The molecular formula is C21H14ClFN4OS. The van der Waals surface area contributed by atoms with E-state index in [4.69, 9.17) is 11.6 Å². The van der Waals surface area contributed by atoms with Crippen molar-refractivity contribution in [3.63, 3.8) is 0 Å². The van der Waals surface area contributed by atoms with Crippen molar-refractivity contribution in [1.82, 2.24) is 9.97 Å². The maximum absolute atomic E-state index is 13.4. The van der Waals surface area contributed by atoms with E-state index in [0.29, 0.717) is 21.3 Å². The molecule has 2 aromatic heterocycles. The van der Waals surface area contributed by atoms with Gasteiger partial charge in [-0.15, -0.1) is 0 Å². The molecule has 4 rings (SSSR count). The number of nitrogens with one attached hydrogen (secondary N) is 2. The Bertz CT molecular complexity index is 1210. The van der Waals surface area contributed by atoms with Gasteiger partial charge in [0, 0.05) is 11.8 Å². The summed E-state index contributed by atoms with van der Waals surface area (Å²) in [6.45, 7) is 0. The predicted molar refractivity (Wildman–Crippen MR) is 116 cm³/mol. The Hall–Kier alpha value is -3.29. The summed E-state index contributed by atoms with van der Waals surface area (Å²) >= 11 is 7.17. The average molecular weight is 425 g/mol. The summed E-state index contributed by atoms with van der Waals surface area (Å²) in [5, 5.41) is 7.34. The summed E-state index contributed by atoms with van der Waals surface area (Å²) in [6, 6.07) is 15.7. The van der Waals surface area contributed by atoms with Crippen LogP contribution in [0.25, 0.3) is 16.3 Å². The molecule has 0 saturated heterocycles. The summed E-state index contributed by atoms with van der Waals surface area (Å²) < 4.78 is 13.4. The van der Waals surface area contributed by atoms with Crippen LogP contribution in [0.2, 0.25) is 5.02 Å². The highest BCUT2D eigenvalue weighted by Gasteiger charge is 2.11. The van der Waals surface area contributed by atoms with Crippen LogP contribution in [0.4, 0.5) is 20.9 Å². The molecule has 0 saturated carbocycles. The van der Waals surface area contributed by atoms with Crippen LogP contribution in [0.15, 0.2) is 67.0 Å². The molecule has 0 aliphatic heterocycles. The quantitative estimate of drug-likeness (QED) is 0.392. The second-order valence-corrected chi connectivity index (χ2v) is 7.48. The molecular weight excluding hydrogens is 411 g/mol. The van der Waals surface area contributed by atoms with Gasteiger partial charge in [-0.3, -0.25) is 4.79 Å². The van der Waals surface area contributed by atoms with E-state index >= 15 is 0 Å². The molecule has 144 valence electrons. The van der Waals surface area contributed by atoms with Crippen molar-refractivity contribution in [2.45, 2.75) is 0 Å². The van der Waals surface area contributed by atoms with Crippen molar-refractivity contribution in [2.24, 2.45) is 0 Å². The number of anilines is 3. The highest BCUT2D eigenvalue weighted by molar-refractivity contribution is 7.22. The first-order chi connectivity index (χ1) is 14.1. The topological polar surface area (TPSA) is 66.9 Å². The van der Waals surface area contributed by atoms with Crippen LogP contribution in [0.1, 0.15) is 5.56 Å². The summed E-state index contributed by atoms with van der Waals surface area (Å²) in [7, 11) is 0. The van der Waals surface area contributed by atoms with E-state index in [9.17, 15) is 9.18 Å². The molecule has 0 aliphatic carbocycles. The van der Waals surface area contributed by atoms with Crippen LogP contribution in [-0.4, -0.2) is 15.9 Å². The molecule has 29 heavy (non-hydrogen) atoms. The third-order valence-electron chi connectivity index (χ3n) is 3.98. The molecule has 2 heterocycles. The van der Waals surface area contributed by atoms with E-state index in [1.54, 1.807) is 18.2 Å². The highest BCUT2D eigenvalue weighted by atomic mass is 35.5. The van der Waals surface area contributed by atoms with Gasteiger partial charge in [-0.2, -0.15) is 0 Å². The van der Waals surface area contributed by atoms with Crippen molar-refractivity contribution in [3.8, 4) is 0 Å². The molecule has 0 bridgehead atoms. The Morgan fingerprint density at radius 2 is 1.93 bits per heavy atom. The second kappa shape index (κ2) is 8.38. The van der Waals surface area contributed by atoms with Crippen LogP contribution < -0.4 is 10.6 Å². The molecule has 4 aromatic rings. The third-order valence-corrected chi connectivity index (χ3v) is 5.23. The lowest BCUT2D eigenvalue weighted by Gasteiger charge is -2.06. The average Bonchev–Trinajstić information content (AvgIpc) is 3.13. The van der Waals surface area contributed by atoms with Gasteiger partial charge in [0.15, 0.2) is 0 Å². The van der Waals surface area contributed by atoms with Crippen LogP contribution in [-0.2, 0) is 4.79 Å². The molecule has 0 radical (unpaired) electrons. The van der Waals surface area contributed by atoms with Crippen molar-refractivity contribution < 1.29 is 9.18 Å². The summed E-state index contributed by atoms with van der Waals surface area (Å²) in [5.74, 6) is -0.198. The zero-order valence-electron chi connectivity index (χ0n) is 14.9. The maximum Gasteiger partial charge on any atom is 0.248 e. The largest absolute Gasteiger partial charge is 0.340 e. The van der Waals surface area contributed by atoms with Crippen molar-refractivity contribution >= 4 is 61.6 Å². The molecule has 0 aliphatic rings. The zero-order chi connectivity index (χ0) is 20.2. The van der Waals surface area contributed by atoms with Gasteiger partial charge in [0.1, 0.15) is 22.8 Å². The fourth-order valence-corrected chi connectivity index (χ4v) is 3.71. The number of fused-ring (bicyclic) bond motifs is 1. The van der Waals surface area contributed by atoms with Crippen molar-refractivity contribution in [2.75, 3.05) is 10.6 Å². The Kier molecular flexibility index (Phi) is 5.50. The lowest BCUT2D eigenvalue weighted by molar-refractivity contribution is -0.111. The Morgan fingerprint density at radius 1 is 1.10 bits per heavy atom. The van der Waals surface area contributed by atoms with Gasteiger partial charge in [0.25, 0.3) is 0 Å². The molecule has 0 unspecified atom stereocenters. The number of rotatable bonds is 5. The Morgan fingerprint density at radius 3 is 2.72 bits per heavy atom. The minimum absolute atomic E-state index is 0.0174. The van der Waals surface area contributed by atoms with E-state index in [1.165, 1.54) is 35.9 Å². The van der Waals surface area contributed by atoms with E-state index in [2.05, 4.69) is 20.6 Å². The fourth-order valence-electron chi connectivity index (χ4n) is 2.63. The molecule has 5 nitrogen and oxygen atoms in total. The Balaban J connectivity index is 1.53. The van der Waals surface area contributed by atoms with E-state index in [1.807, 2.05) is 30.3 Å². The number of benzene rings is 2. The molecule has 0 fully saturated rings. The number of hydrogen-bond donors (Lipinski definition) is 2. The zero-order valence-corrected chi connectivity index (χ0v) is 16.5. The van der Waals surface area contributed by atoms with Gasteiger partial charge in [-0.25, -0.2) is 14.4 Å². The number of thiophene rings is 1. The minimum Gasteiger partial charge on any atom is -0.340 e. The van der Waals surface area contributed by atoms with Crippen molar-refractivity contribution in [3.05, 3.63) is 83.4 Å². The first kappa shape index (κ1) is 19.0. The molecule has 1 amide bonds. The monoisotopic (exact) mass is 424 g/mol. The predicted octanol–water partition coefficient (Wildman–Crippen LogP) is 5.88. The summed E-state index contributed by atoms with van der Waals surface area (Å²) in [4.78, 5) is 21.4. The molecule has 2 aromatic carbocycles. The van der Waals surface area contributed by atoms with E-state index in [-0.39, 0.29) is 10.9 Å². The third kappa shape index (κ3) is 4.59. The first-order valence-electron chi connectivity index (χ1n) is 8.59. The summed E-state index contributed by atoms with van der Waals surface area (Å²) in [6.07, 6.45) is 4.64. The molecule has 0 spiro atoms. The number of aromatic nitrogens is 2. The van der Waals surface area contributed by atoms with Gasteiger partial charge >= 0.3 is 0 Å². The molecule has 2 N–H and O–H groups in total. The van der Waals surface area contributed by atoms with Gasteiger partial charge in [0.05, 0.1) is 15.4 Å². The second-order valence-electron chi connectivity index (χ2n) is 6.04. The fraction of sp³-hybridized carbons (Fsp3) is 0. The maximum atomic E-state index is 13.4. The lowest BCUT2D eigenvalue weighted by Crippen LogP contribution is -2.05. The molecule has 8 heteroatoms.